The summed E-state index contributed by atoms with van der Waals surface area (Å²) in [5.74, 6) is -1.33. The van der Waals surface area contributed by atoms with Crippen LogP contribution in [0.15, 0.2) is 12.2 Å². The molecule has 3 rings (SSSR count). The number of allylic oxidation sites excluding steroid dienone is 2. The van der Waals surface area contributed by atoms with Crippen molar-refractivity contribution in [1.29, 1.82) is 0 Å². The van der Waals surface area contributed by atoms with Crippen LogP contribution < -0.4 is 5.32 Å². The number of hydrogen-bond donors (Lipinski definition) is 2. The van der Waals surface area contributed by atoms with E-state index in [2.05, 4.69) is 5.32 Å². The van der Waals surface area contributed by atoms with Crippen molar-refractivity contribution in [3.63, 3.8) is 0 Å². The number of aliphatic carboxylic acids is 1. The molecule has 1 aliphatic heterocycles. The predicted octanol–water partition coefficient (Wildman–Crippen LogP) is 1.44. The molecular formula is C16H23NO4. The van der Waals surface area contributed by atoms with Crippen LogP contribution in [0, 0.1) is 29.6 Å². The highest BCUT2D eigenvalue weighted by atomic mass is 16.5. The van der Waals surface area contributed by atoms with Crippen molar-refractivity contribution < 1.29 is 19.4 Å². The molecule has 1 heterocycles. The lowest BCUT2D eigenvalue weighted by Gasteiger charge is -2.31. The first kappa shape index (κ1) is 14.6. The van der Waals surface area contributed by atoms with E-state index in [0.29, 0.717) is 5.92 Å². The van der Waals surface area contributed by atoms with Crippen molar-refractivity contribution in [3.05, 3.63) is 12.2 Å². The monoisotopic (exact) mass is 293 g/mol. The van der Waals surface area contributed by atoms with Gasteiger partial charge in [-0.3, -0.25) is 9.59 Å². The van der Waals surface area contributed by atoms with Crippen molar-refractivity contribution >= 4 is 11.9 Å². The van der Waals surface area contributed by atoms with Gasteiger partial charge in [-0.2, -0.15) is 0 Å². The Bertz CT molecular complexity index is 455. The minimum atomic E-state index is -0.842. The van der Waals surface area contributed by atoms with E-state index in [-0.39, 0.29) is 23.8 Å². The Morgan fingerprint density at radius 3 is 2.43 bits per heavy atom. The van der Waals surface area contributed by atoms with E-state index in [1.165, 1.54) is 0 Å². The number of amides is 1. The van der Waals surface area contributed by atoms with Gasteiger partial charge in [-0.1, -0.05) is 12.2 Å². The summed E-state index contributed by atoms with van der Waals surface area (Å²) in [6, 6.07) is 0.0824. The Hall–Kier alpha value is -1.36. The Balaban J connectivity index is 1.64. The number of carbonyl (C=O) groups is 2. The highest BCUT2D eigenvalue weighted by molar-refractivity contribution is 5.87. The van der Waals surface area contributed by atoms with Crippen molar-refractivity contribution in [2.75, 3.05) is 13.2 Å². The molecule has 1 saturated carbocycles. The number of carboxylic acid groups (broad SMARTS) is 1. The van der Waals surface area contributed by atoms with Crippen LogP contribution in [0.3, 0.4) is 0 Å². The first-order valence-corrected chi connectivity index (χ1v) is 7.87. The molecule has 3 aliphatic rings. The molecule has 2 fully saturated rings. The van der Waals surface area contributed by atoms with Crippen LogP contribution in [0.5, 0.6) is 0 Å². The van der Waals surface area contributed by atoms with Gasteiger partial charge < -0.3 is 15.2 Å². The molecule has 1 amide bonds. The number of nitrogens with one attached hydrogen (secondary N) is 1. The summed E-state index contributed by atoms with van der Waals surface area (Å²) in [5, 5.41) is 12.5. The Labute approximate surface area is 124 Å². The molecule has 21 heavy (non-hydrogen) atoms. The second kappa shape index (κ2) is 5.79. The van der Waals surface area contributed by atoms with Crippen LogP contribution in [-0.4, -0.2) is 36.2 Å². The fourth-order valence-electron chi connectivity index (χ4n) is 4.17. The second-order valence-electron chi connectivity index (χ2n) is 6.59. The average Bonchev–Trinajstić information content (AvgIpc) is 3.08. The minimum absolute atomic E-state index is 0.0293. The quantitative estimate of drug-likeness (QED) is 0.769. The maximum atomic E-state index is 12.6. The molecule has 2 bridgehead atoms. The van der Waals surface area contributed by atoms with Gasteiger partial charge in [0.15, 0.2) is 0 Å². The maximum absolute atomic E-state index is 12.6. The van der Waals surface area contributed by atoms with Crippen LogP contribution in [0.1, 0.15) is 26.2 Å². The fraction of sp³-hybridized carbons (Fsp3) is 0.750. The van der Waals surface area contributed by atoms with E-state index >= 15 is 0 Å². The Kier molecular flexibility index (Phi) is 4.02. The summed E-state index contributed by atoms with van der Waals surface area (Å²) in [6.07, 6.45) is 6.71. The summed E-state index contributed by atoms with van der Waals surface area (Å²) < 4.78 is 5.34. The molecule has 0 radical (unpaired) electrons. The number of hydrogen-bond acceptors (Lipinski definition) is 3. The molecule has 2 aliphatic carbocycles. The zero-order chi connectivity index (χ0) is 15.0. The lowest BCUT2D eigenvalue weighted by Crippen LogP contribution is -2.46. The summed E-state index contributed by atoms with van der Waals surface area (Å²) in [6.45, 7) is 3.52. The predicted molar refractivity (Wildman–Crippen MR) is 76.5 cm³/mol. The van der Waals surface area contributed by atoms with Crippen molar-refractivity contribution in [2.24, 2.45) is 29.6 Å². The van der Waals surface area contributed by atoms with Gasteiger partial charge in [-0.25, -0.2) is 0 Å². The summed E-state index contributed by atoms with van der Waals surface area (Å²) in [5.41, 5.74) is 0. The SMILES string of the molecule is CC(NC(=O)C1C2C=CC(C2)C1C(=O)O)C1CCOCC1. The lowest BCUT2D eigenvalue weighted by molar-refractivity contribution is -0.148. The molecule has 116 valence electrons. The van der Waals surface area contributed by atoms with Crippen molar-refractivity contribution in [1.82, 2.24) is 5.32 Å². The second-order valence-corrected chi connectivity index (χ2v) is 6.59. The zero-order valence-corrected chi connectivity index (χ0v) is 12.3. The van der Waals surface area contributed by atoms with Gasteiger partial charge in [-0.05, 0) is 43.9 Å². The van der Waals surface area contributed by atoms with E-state index in [1.54, 1.807) is 0 Å². The smallest absolute Gasteiger partial charge is 0.307 e. The third-order valence-corrected chi connectivity index (χ3v) is 5.39. The molecule has 0 spiro atoms. The van der Waals surface area contributed by atoms with Crippen molar-refractivity contribution in [3.8, 4) is 0 Å². The van der Waals surface area contributed by atoms with Gasteiger partial charge >= 0.3 is 5.97 Å². The minimum Gasteiger partial charge on any atom is -0.481 e. The van der Waals surface area contributed by atoms with Crippen LogP contribution in [-0.2, 0) is 14.3 Å². The maximum Gasteiger partial charge on any atom is 0.307 e. The molecule has 0 aromatic rings. The van der Waals surface area contributed by atoms with E-state index in [1.807, 2.05) is 19.1 Å². The normalized spacial score (nSPS) is 36.6. The third kappa shape index (κ3) is 2.71. The molecule has 5 unspecified atom stereocenters. The standard InChI is InChI=1S/C16H23NO4/c1-9(10-4-6-21-7-5-10)17-15(18)13-11-2-3-12(8-11)14(13)16(19)20/h2-3,9-14H,4-8H2,1H3,(H,17,18)(H,19,20). The zero-order valence-electron chi connectivity index (χ0n) is 12.3. The third-order valence-electron chi connectivity index (χ3n) is 5.39. The topological polar surface area (TPSA) is 75.6 Å². The van der Waals surface area contributed by atoms with Gasteiger partial charge in [0.2, 0.25) is 5.91 Å². The van der Waals surface area contributed by atoms with Gasteiger partial charge in [0.1, 0.15) is 0 Å². The highest BCUT2D eigenvalue weighted by Crippen LogP contribution is 2.48. The first-order chi connectivity index (χ1) is 10.1. The molecule has 1 saturated heterocycles. The Morgan fingerprint density at radius 2 is 1.81 bits per heavy atom. The molecule has 5 heteroatoms. The highest BCUT2D eigenvalue weighted by Gasteiger charge is 2.51. The summed E-state index contributed by atoms with van der Waals surface area (Å²) in [7, 11) is 0. The molecule has 5 nitrogen and oxygen atoms in total. The summed E-state index contributed by atoms with van der Waals surface area (Å²) >= 11 is 0. The van der Waals surface area contributed by atoms with Crippen molar-refractivity contribution in [2.45, 2.75) is 32.2 Å². The number of carboxylic acids is 1. The fourth-order valence-corrected chi connectivity index (χ4v) is 4.17. The van der Waals surface area contributed by atoms with E-state index in [4.69, 9.17) is 4.74 Å². The number of fused-ring (bicyclic) bond motifs is 2. The average molecular weight is 293 g/mol. The molecular weight excluding hydrogens is 270 g/mol. The Morgan fingerprint density at radius 1 is 1.19 bits per heavy atom. The van der Waals surface area contributed by atoms with Crippen LogP contribution in [0.25, 0.3) is 0 Å². The number of rotatable bonds is 4. The van der Waals surface area contributed by atoms with Gasteiger partial charge in [0, 0.05) is 19.3 Å². The number of carbonyl (C=O) groups excluding carboxylic acids is 1. The number of ether oxygens (including phenoxy) is 1. The largest absolute Gasteiger partial charge is 0.481 e. The van der Waals surface area contributed by atoms with E-state index < -0.39 is 17.8 Å². The lowest BCUT2D eigenvalue weighted by atomic mass is 9.82. The molecule has 0 aromatic carbocycles. The van der Waals surface area contributed by atoms with E-state index in [0.717, 1.165) is 32.5 Å². The van der Waals surface area contributed by atoms with Gasteiger partial charge in [0.25, 0.3) is 0 Å². The molecule has 2 N–H and O–H groups in total. The van der Waals surface area contributed by atoms with E-state index in [9.17, 15) is 14.7 Å². The summed E-state index contributed by atoms with van der Waals surface area (Å²) in [4.78, 5) is 24.0. The van der Waals surface area contributed by atoms with Crippen LogP contribution in [0.2, 0.25) is 0 Å². The van der Waals surface area contributed by atoms with Crippen LogP contribution in [0.4, 0.5) is 0 Å². The van der Waals surface area contributed by atoms with Gasteiger partial charge in [-0.15, -0.1) is 0 Å². The molecule has 0 aromatic heterocycles. The first-order valence-electron chi connectivity index (χ1n) is 7.87. The molecule has 5 atom stereocenters. The van der Waals surface area contributed by atoms with Crippen LogP contribution >= 0.6 is 0 Å². The van der Waals surface area contributed by atoms with Gasteiger partial charge in [0.05, 0.1) is 11.8 Å².